The smallest absolute Gasteiger partial charge is 0.323 e. The molecule has 2 unspecified atom stereocenters. The third kappa shape index (κ3) is 11.2. The number of thioether (sulfide) groups is 2. The van der Waals surface area contributed by atoms with E-state index in [9.17, 15) is 24.3 Å². The molecule has 2 aromatic carbocycles. The maximum absolute atomic E-state index is 15.4. The second-order valence-corrected chi connectivity index (χ2v) is 23.4. The first-order chi connectivity index (χ1) is 34.8. The Morgan fingerprint density at radius 1 is 0.597 bits per heavy atom. The van der Waals surface area contributed by atoms with Crippen LogP contribution < -0.4 is 0 Å². The Bertz CT molecular complexity index is 2950. The second-order valence-electron chi connectivity index (χ2n) is 17.8. The third-order valence-corrected chi connectivity index (χ3v) is 18.2. The van der Waals surface area contributed by atoms with Crippen LogP contribution >= 0.6 is 70.6 Å². The van der Waals surface area contributed by atoms with Gasteiger partial charge in [-0.15, -0.1) is 22.7 Å². The Kier molecular flexibility index (Phi) is 17.3. The lowest BCUT2D eigenvalue weighted by Crippen LogP contribution is -2.34. The molecule has 6 heterocycles. The Morgan fingerprint density at radius 2 is 1.01 bits per heavy atom. The fraction of sp³-hybridized carbons (Fsp3) is 0.333. The van der Waals surface area contributed by atoms with Crippen LogP contribution in [-0.4, -0.2) is 95.8 Å². The van der Waals surface area contributed by atoms with Crippen molar-refractivity contribution in [3.8, 4) is 20.9 Å². The number of thiocarbonyl (C=S) groups is 2. The molecule has 2 fully saturated rings. The molecule has 4 aromatic rings. The van der Waals surface area contributed by atoms with E-state index in [1.807, 2.05) is 82.6 Å². The number of thiophene rings is 2. The molecular weight excluding hydrogens is 1030 g/mol. The summed E-state index contributed by atoms with van der Waals surface area (Å²) in [5.41, 5.74) is 5.66. The van der Waals surface area contributed by atoms with Crippen molar-refractivity contribution >= 4 is 139 Å². The van der Waals surface area contributed by atoms with Gasteiger partial charge >= 0.3 is 5.97 Å². The zero-order valence-electron chi connectivity index (χ0n) is 40.3. The predicted octanol–water partition coefficient (Wildman–Crippen LogP) is 12.0. The highest BCUT2D eigenvalue weighted by atomic mass is 32.2. The molecular formula is C54H54N4O8S6. The van der Waals surface area contributed by atoms with Crippen LogP contribution in [-0.2, 0) is 33.5 Å². The van der Waals surface area contributed by atoms with Crippen molar-refractivity contribution in [1.82, 2.24) is 19.6 Å². The number of benzene rings is 2. The van der Waals surface area contributed by atoms with E-state index >= 15 is 9.59 Å². The van der Waals surface area contributed by atoms with E-state index < -0.39 is 18.4 Å². The molecule has 18 heteroatoms. The average molecular weight is 1080 g/mol. The number of unbranched alkanes of at least 4 members (excludes halogenated alkanes) is 2. The number of aliphatic carboxylic acids is 1. The molecule has 374 valence electrons. The number of fused-ring (bicyclic) bond motifs is 1. The number of rotatable bonds is 23. The van der Waals surface area contributed by atoms with E-state index in [4.69, 9.17) is 29.2 Å². The molecule has 72 heavy (non-hydrogen) atoms. The Balaban J connectivity index is 1.16. The standard InChI is InChI=1S/C54H54N4O8S6/c1-5-9-11-32(7-3)27-55-47(40-23-21-38(69-40)36-17-13-34(14-18-36)25-42-49(62)57(29-44(60)61)53(67)71-42)45-46(52(55)65)48(56(51(45)64)28-33(8-4)12-10-6-2)41-24-22-39(70-41)37-19-15-35(16-20-37)26-43-50(63)58(30-66-31-59)54(68)72-43/h13-26,31-33H,5-12,27-30H2,1-4H3,(H,60,61)/b42-25+,43-26+. The second kappa shape index (κ2) is 23.6. The Hall–Kier alpha value is -5.50. The summed E-state index contributed by atoms with van der Waals surface area (Å²) in [6, 6.07) is 23.7. The lowest BCUT2D eigenvalue weighted by atomic mass is 9.98. The minimum absolute atomic E-state index is 0.155. The quantitative estimate of drug-likeness (QED) is 0.0429. The summed E-state index contributed by atoms with van der Waals surface area (Å²) in [6.45, 7) is 9.22. The molecule has 0 saturated carbocycles. The zero-order valence-corrected chi connectivity index (χ0v) is 45.2. The van der Waals surface area contributed by atoms with Crippen molar-refractivity contribution in [2.24, 2.45) is 11.8 Å². The highest BCUT2D eigenvalue weighted by molar-refractivity contribution is 8.27. The van der Waals surface area contributed by atoms with E-state index in [1.54, 1.807) is 23.5 Å². The summed E-state index contributed by atoms with van der Waals surface area (Å²) >= 11 is 15.9. The molecule has 4 aliphatic heterocycles. The summed E-state index contributed by atoms with van der Waals surface area (Å²) in [7, 11) is 0. The average Bonchev–Trinajstić information content (AvgIpc) is 4.24. The van der Waals surface area contributed by atoms with Gasteiger partial charge < -0.3 is 19.6 Å². The fourth-order valence-electron chi connectivity index (χ4n) is 9.13. The minimum atomic E-state index is -1.14. The Morgan fingerprint density at radius 3 is 1.42 bits per heavy atom. The highest BCUT2D eigenvalue weighted by Gasteiger charge is 2.50. The van der Waals surface area contributed by atoms with Crippen molar-refractivity contribution < 1.29 is 38.6 Å². The topological polar surface area (TPSA) is 145 Å². The van der Waals surface area contributed by atoms with Crippen molar-refractivity contribution in [3.05, 3.63) is 115 Å². The molecule has 4 amide bonds. The summed E-state index contributed by atoms with van der Waals surface area (Å²) < 4.78 is 5.30. The predicted molar refractivity (Wildman–Crippen MR) is 298 cm³/mol. The summed E-state index contributed by atoms with van der Waals surface area (Å²) in [5.74, 6) is -1.74. The first-order valence-corrected chi connectivity index (χ1v) is 28.2. The minimum Gasteiger partial charge on any atom is -0.480 e. The van der Waals surface area contributed by atoms with Crippen LogP contribution in [0.1, 0.15) is 99.9 Å². The number of hydrogen-bond acceptors (Lipinski definition) is 13. The van der Waals surface area contributed by atoms with Gasteiger partial charge in [-0.05, 0) is 83.3 Å². The molecule has 0 radical (unpaired) electrons. The van der Waals surface area contributed by atoms with E-state index in [1.165, 1.54) is 16.2 Å². The molecule has 8 rings (SSSR count). The maximum Gasteiger partial charge on any atom is 0.323 e. The van der Waals surface area contributed by atoms with E-state index in [-0.39, 0.29) is 47.1 Å². The van der Waals surface area contributed by atoms with Crippen molar-refractivity contribution in [1.29, 1.82) is 0 Å². The largest absolute Gasteiger partial charge is 0.480 e. The van der Waals surface area contributed by atoms with Crippen LogP contribution in [0.4, 0.5) is 0 Å². The zero-order chi connectivity index (χ0) is 51.2. The van der Waals surface area contributed by atoms with Gasteiger partial charge in [-0.2, -0.15) is 0 Å². The number of carbonyl (C=O) groups is 6. The molecule has 1 N–H and O–H groups in total. The normalized spacial score (nSPS) is 18.1. The molecule has 0 bridgehead atoms. The van der Waals surface area contributed by atoms with Gasteiger partial charge in [-0.1, -0.05) is 163 Å². The lowest BCUT2D eigenvalue weighted by Gasteiger charge is -2.29. The number of carboxylic acid groups (broad SMARTS) is 1. The van der Waals surface area contributed by atoms with Crippen LogP contribution in [0.2, 0.25) is 0 Å². The van der Waals surface area contributed by atoms with Gasteiger partial charge in [0.1, 0.15) is 10.9 Å². The monoisotopic (exact) mass is 1080 g/mol. The first kappa shape index (κ1) is 52.8. The Labute approximate surface area is 446 Å². The van der Waals surface area contributed by atoms with Gasteiger partial charge in [0.15, 0.2) is 11.1 Å². The van der Waals surface area contributed by atoms with Crippen LogP contribution in [0.3, 0.4) is 0 Å². The van der Waals surface area contributed by atoms with E-state index in [0.717, 1.165) is 122 Å². The van der Waals surface area contributed by atoms with Crippen molar-refractivity contribution in [2.75, 3.05) is 26.4 Å². The number of ether oxygens (including phenoxy) is 1. The van der Waals surface area contributed by atoms with E-state index in [0.29, 0.717) is 49.8 Å². The van der Waals surface area contributed by atoms with Gasteiger partial charge in [0.05, 0.1) is 42.1 Å². The van der Waals surface area contributed by atoms with Crippen LogP contribution in [0.25, 0.3) is 44.4 Å². The summed E-state index contributed by atoms with van der Waals surface area (Å²) in [4.78, 5) is 89.2. The maximum atomic E-state index is 15.4. The fourth-order valence-corrected chi connectivity index (χ4v) is 13.8. The van der Waals surface area contributed by atoms with Gasteiger partial charge in [0.25, 0.3) is 30.1 Å². The van der Waals surface area contributed by atoms with Crippen LogP contribution in [0.15, 0.2) is 93.8 Å². The first-order valence-electron chi connectivity index (χ1n) is 24.1. The number of hydrogen-bond donors (Lipinski definition) is 1. The molecule has 4 aliphatic rings. The summed E-state index contributed by atoms with van der Waals surface area (Å²) in [5, 5.41) is 9.26. The van der Waals surface area contributed by atoms with Crippen molar-refractivity contribution in [2.45, 2.75) is 79.1 Å². The molecule has 0 spiro atoms. The highest BCUT2D eigenvalue weighted by Crippen LogP contribution is 2.51. The van der Waals surface area contributed by atoms with Crippen LogP contribution in [0, 0.1) is 11.8 Å². The lowest BCUT2D eigenvalue weighted by molar-refractivity contribution is -0.140. The van der Waals surface area contributed by atoms with E-state index in [2.05, 4.69) is 27.7 Å². The number of amides is 4. The molecule has 2 aromatic heterocycles. The van der Waals surface area contributed by atoms with Gasteiger partial charge in [0.2, 0.25) is 0 Å². The number of carboxylic acids is 1. The number of nitrogens with zero attached hydrogens (tertiary/aromatic N) is 4. The van der Waals surface area contributed by atoms with Gasteiger partial charge in [-0.25, -0.2) is 0 Å². The van der Waals surface area contributed by atoms with Gasteiger partial charge in [0, 0.05) is 22.8 Å². The molecule has 12 nitrogen and oxygen atoms in total. The molecule has 2 atom stereocenters. The van der Waals surface area contributed by atoms with Crippen LogP contribution in [0.5, 0.6) is 0 Å². The third-order valence-electron chi connectivity index (χ3n) is 13.1. The van der Waals surface area contributed by atoms with Crippen molar-refractivity contribution in [3.63, 3.8) is 0 Å². The number of carbonyl (C=O) groups excluding carboxylic acids is 5. The van der Waals surface area contributed by atoms with Gasteiger partial charge in [-0.3, -0.25) is 38.6 Å². The SMILES string of the molecule is CCCCC(CC)CN1C(=O)C2=C(c3ccc(-c4ccc(/C=C5/SC(=S)N(CC(=O)O)C5=O)cc4)s3)N(CC(CC)CCCC)C(=O)C2=C1c1ccc(-c2ccc(/C=C3/SC(=S)N(COC=O)C3=O)cc2)s1. The molecule has 0 aliphatic carbocycles. The molecule has 2 saturated heterocycles. The summed E-state index contributed by atoms with van der Waals surface area (Å²) in [6.07, 6.45) is 11.4.